The van der Waals surface area contributed by atoms with Crippen molar-refractivity contribution in [2.75, 3.05) is 4.72 Å². The molecule has 3 aromatic carbocycles. The Morgan fingerprint density at radius 3 is 2.30 bits per heavy atom. The van der Waals surface area contributed by atoms with Crippen molar-refractivity contribution in [1.29, 1.82) is 0 Å². The number of carbonyl (C=O) groups is 1. The first-order valence-corrected chi connectivity index (χ1v) is 11.4. The maximum Gasteiger partial charge on any atom is 0.261 e. The summed E-state index contributed by atoms with van der Waals surface area (Å²) in [5, 5.41) is 3.15. The van der Waals surface area contributed by atoms with Gasteiger partial charge in [0.05, 0.1) is 21.5 Å². The molecule has 1 unspecified atom stereocenters. The monoisotopic (exact) mass is 442 g/mol. The van der Waals surface area contributed by atoms with Gasteiger partial charge in [0, 0.05) is 5.69 Å². The second-order valence-electron chi connectivity index (χ2n) is 6.90. The standard InChI is InChI=1S/C23H23ClN2O3S/c1-3-17-9-11-18(12-10-17)16(2)25-23(27)21-15-19(13-14-22(21)24)26-30(28,29)20-7-5-4-6-8-20/h4-16,26H,3H2,1-2H3,(H,25,27). The van der Waals surface area contributed by atoms with E-state index in [9.17, 15) is 13.2 Å². The summed E-state index contributed by atoms with van der Waals surface area (Å²) in [7, 11) is -3.77. The second kappa shape index (κ2) is 9.32. The van der Waals surface area contributed by atoms with E-state index in [0.29, 0.717) is 0 Å². The molecule has 0 fully saturated rings. The molecule has 0 aliphatic rings. The molecule has 0 saturated heterocycles. The zero-order valence-electron chi connectivity index (χ0n) is 16.7. The van der Waals surface area contributed by atoms with Crippen LogP contribution >= 0.6 is 11.6 Å². The Morgan fingerprint density at radius 1 is 1.00 bits per heavy atom. The summed E-state index contributed by atoms with van der Waals surface area (Å²) in [6.07, 6.45) is 0.947. The molecule has 0 spiro atoms. The second-order valence-corrected chi connectivity index (χ2v) is 8.99. The van der Waals surface area contributed by atoms with Crippen molar-refractivity contribution in [1.82, 2.24) is 5.32 Å². The highest BCUT2D eigenvalue weighted by atomic mass is 35.5. The molecule has 5 nitrogen and oxygen atoms in total. The van der Waals surface area contributed by atoms with E-state index in [0.717, 1.165) is 12.0 Å². The normalized spacial score (nSPS) is 12.2. The number of hydrogen-bond donors (Lipinski definition) is 2. The van der Waals surface area contributed by atoms with E-state index < -0.39 is 10.0 Å². The number of benzene rings is 3. The fourth-order valence-electron chi connectivity index (χ4n) is 2.98. The topological polar surface area (TPSA) is 75.3 Å². The molecule has 1 amide bonds. The van der Waals surface area contributed by atoms with Crippen molar-refractivity contribution in [2.24, 2.45) is 0 Å². The van der Waals surface area contributed by atoms with Crippen LogP contribution in [0.5, 0.6) is 0 Å². The summed E-state index contributed by atoms with van der Waals surface area (Å²) in [6, 6.07) is 20.3. The predicted octanol–water partition coefficient (Wildman–Crippen LogP) is 5.19. The fraction of sp³-hybridized carbons (Fsp3) is 0.174. The van der Waals surface area contributed by atoms with E-state index in [-0.39, 0.29) is 33.1 Å². The van der Waals surface area contributed by atoms with Crippen LogP contribution in [0.15, 0.2) is 77.7 Å². The molecule has 0 radical (unpaired) electrons. The SMILES string of the molecule is CCc1ccc(C(C)NC(=O)c2cc(NS(=O)(=O)c3ccccc3)ccc2Cl)cc1. The fourth-order valence-corrected chi connectivity index (χ4v) is 4.25. The van der Waals surface area contributed by atoms with Crippen molar-refractivity contribution in [3.63, 3.8) is 0 Å². The first kappa shape index (κ1) is 21.9. The van der Waals surface area contributed by atoms with Crippen LogP contribution in [0.1, 0.15) is 41.4 Å². The maximum atomic E-state index is 12.8. The Balaban J connectivity index is 1.78. The molecule has 0 aliphatic heterocycles. The zero-order chi connectivity index (χ0) is 21.7. The largest absolute Gasteiger partial charge is 0.345 e. The van der Waals surface area contributed by atoms with Gasteiger partial charge in [-0.25, -0.2) is 8.42 Å². The molecule has 30 heavy (non-hydrogen) atoms. The van der Waals surface area contributed by atoms with Gasteiger partial charge >= 0.3 is 0 Å². The van der Waals surface area contributed by atoms with Gasteiger partial charge in [0.1, 0.15) is 0 Å². The number of nitrogens with one attached hydrogen (secondary N) is 2. The number of anilines is 1. The first-order chi connectivity index (χ1) is 14.3. The highest BCUT2D eigenvalue weighted by Crippen LogP contribution is 2.24. The molecule has 3 aromatic rings. The molecule has 156 valence electrons. The molecule has 0 aliphatic carbocycles. The van der Waals surface area contributed by atoms with Crippen LogP contribution in [-0.4, -0.2) is 14.3 Å². The minimum absolute atomic E-state index is 0.134. The molecule has 3 rings (SSSR count). The van der Waals surface area contributed by atoms with Crippen molar-refractivity contribution < 1.29 is 13.2 Å². The average molecular weight is 443 g/mol. The number of halogens is 1. The van der Waals surface area contributed by atoms with Crippen LogP contribution in [0, 0.1) is 0 Å². The molecule has 1 atom stereocenters. The van der Waals surface area contributed by atoms with Gasteiger partial charge in [0.15, 0.2) is 0 Å². The molecule has 0 saturated carbocycles. The van der Waals surface area contributed by atoms with Gasteiger partial charge in [-0.1, -0.05) is 61.0 Å². The van der Waals surface area contributed by atoms with Crippen LogP contribution in [0.25, 0.3) is 0 Å². The van der Waals surface area contributed by atoms with Gasteiger partial charge < -0.3 is 5.32 Å². The molecule has 2 N–H and O–H groups in total. The zero-order valence-corrected chi connectivity index (χ0v) is 18.3. The minimum Gasteiger partial charge on any atom is -0.345 e. The van der Waals surface area contributed by atoms with E-state index in [2.05, 4.69) is 17.0 Å². The first-order valence-electron chi connectivity index (χ1n) is 9.57. The van der Waals surface area contributed by atoms with Gasteiger partial charge in [-0.2, -0.15) is 0 Å². The molecule has 0 aromatic heterocycles. The summed E-state index contributed by atoms with van der Waals surface area (Å²) in [5.74, 6) is -0.382. The van der Waals surface area contributed by atoms with Gasteiger partial charge in [-0.15, -0.1) is 0 Å². The van der Waals surface area contributed by atoms with Crippen LogP contribution < -0.4 is 10.0 Å². The van der Waals surface area contributed by atoms with Crippen molar-refractivity contribution in [2.45, 2.75) is 31.2 Å². The molecule has 0 heterocycles. The number of sulfonamides is 1. The van der Waals surface area contributed by atoms with Crippen LogP contribution in [0.3, 0.4) is 0 Å². The number of carbonyl (C=O) groups excluding carboxylic acids is 1. The van der Waals surface area contributed by atoms with Crippen molar-refractivity contribution >= 4 is 33.2 Å². The van der Waals surface area contributed by atoms with Crippen LogP contribution in [0.2, 0.25) is 5.02 Å². The average Bonchev–Trinajstić information content (AvgIpc) is 2.75. The van der Waals surface area contributed by atoms with E-state index in [4.69, 9.17) is 11.6 Å². The van der Waals surface area contributed by atoms with Gasteiger partial charge in [-0.3, -0.25) is 9.52 Å². The summed E-state index contributed by atoms with van der Waals surface area (Å²) in [5.41, 5.74) is 2.65. The Bertz CT molecular complexity index is 1130. The smallest absolute Gasteiger partial charge is 0.261 e. The van der Waals surface area contributed by atoms with Crippen molar-refractivity contribution in [3.05, 3.63) is 94.5 Å². The summed E-state index contributed by atoms with van der Waals surface area (Å²) >= 11 is 6.21. The van der Waals surface area contributed by atoms with Gasteiger partial charge in [0.2, 0.25) is 0 Å². The maximum absolute atomic E-state index is 12.8. The third-order valence-corrected chi connectivity index (χ3v) is 6.48. The number of hydrogen-bond acceptors (Lipinski definition) is 3. The predicted molar refractivity (Wildman–Crippen MR) is 120 cm³/mol. The minimum atomic E-state index is -3.77. The third kappa shape index (κ3) is 5.20. The quantitative estimate of drug-likeness (QED) is 0.528. The van der Waals surface area contributed by atoms with Crippen LogP contribution in [0.4, 0.5) is 5.69 Å². The molecule has 7 heteroatoms. The van der Waals surface area contributed by atoms with E-state index in [1.54, 1.807) is 18.2 Å². The lowest BCUT2D eigenvalue weighted by molar-refractivity contribution is 0.0940. The lowest BCUT2D eigenvalue weighted by Crippen LogP contribution is -2.27. The Morgan fingerprint density at radius 2 is 1.67 bits per heavy atom. The van der Waals surface area contributed by atoms with E-state index >= 15 is 0 Å². The molecular weight excluding hydrogens is 420 g/mol. The Kier molecular flexibility index (Phi) is 6.80. The highest BCUT2D eigenvalue weighted by molar-refractivity contribution is 7.92. The number of aryl methyl sites for hydroxylation is 1. The van der Waals surface area contributed by atoms with Gasteiger partial charge in [0.25, 0.3) is 15.9 Å². The molecular formula is C23H23ClN2O3S. The number of amides is 1. The summed E-state index contributed by atoms with van der Waals surface area (Å²) in [6.45, 7) is 3.97. The Labute approximate surface area is 182 Å². The number of rotatable bonds is 7. The third-order valence-electron chi connectivity index (χ3n) is 4.75. The van der Waals surface area contributed by atoms with E-state index in [1.807, 2.05) is 31.2 Å². The van der Waals surface area contributed by atoms with E-state index in [1.165, 1.54) is 35.9 Å². The molecule has 0 bridgehead atoms. The summed E-state index contributed by atoms with van der Waals surface area (Å²) in [4.78, 5) is 12.9. The lowest BCUT2D eigenvalue weighted by atomic mass is 10.0. The van der Waals surface area contributed by atoms with Crippen LogP contribution in [-0.2, 0) is 16.4 Å². The Hall–Kier alpha value is -2.83. The van der Waals surface area contributed by atoms with Crippen molar-refractivity contribution in [3.8, 4) is 0 Å². The van der Waals surface area contributed by atoms with Gasteiger partial charge in [-0.05, 0) is 54.8 Å². The lowest BCUT2D eigenvalue weighted by Gasteiger charge is -2.16. The summed E-state index contributed by atoms with van der Waals surface area (Å²) < 4.78 is 27.6. The highest BCUT2D eigenvalue weighted by Gasteiger charge is 2.18.